The molecule has 0 aromatic carbocycles. The fourth-order valence-electron chi connectivity index (χ4n) is 1.92. The zero-order valence-corrected chi connectivity index (χ0v) is 5.19. The fourth-order valence-corrected chi connectivity index (χ4v) is 1.92. The number of nitrogens with two attached hydrogens (primary N) is 1. The van der Waals surface area contributed by atoms with Gasteiger partial charge in [-0.2, -0.15) is 0 Å². The van der Waals surface area contributed by atoms with Gasteiger partial charge in [0.1, 0.15) is 0 Å². The summed E-state index contributed by atoms with van der Waals surface area (Å²) in [6.07, 6.45) is 5.90. The van der Waals surface area contributed by atoms with Crippen LogP contribution in [-0.2, 0) is 0 Å². The highest BCUT2D eigenvalue weighted by Crippen LogP contribution is 2.62. The van der Waals surface area contributed by atoms with E-state index in [4.69, 9.17) is 5.73 Å². The molecule has 2 saturated carbocycles. The van der Waals surface area contributed by atoms with Crippen molar-refractivity contribution in [3.8, 4) is 0 Å². The Bertz CT molecular complexity index is 97.0. The first-order valence-electron chi connectivity index (χ1n) is 3.55. The molecule has 0 radical (unpaired) electrons. The van der Waals surface area contributed by atoms with Crippen LogP contribution < -0.4 is 5.73 Å². The maximum atomic E-state index is 5.48. The quantitative estimate of drug-likeness (QED) is 0.539. The Morgan fingerprint density at radius 3 is 2.38 bits per heavy atom. The van der Waals surface area contributed by atoms with Gasteiger partial charge in [-0.15, -0.1) is 0 Å². The van der Waals surface area contributed by atoms with Gasteiger partial charge < -0.3 is 5.73 Å². The van der Waals surface area contributed by atoms with Crippen molar-refractivity contribution in [1.82, 2.24) is 0 Å². The van der Waals surface area contributed by atoms with Crippen molar-refractivity contribution in [2.24, 2.45) is 17.1 Å². The van der Waals surface area contributed by atoms with Gasteiger partial charge in [0.15, 0.2) is 0 Å². The first kappa shape index (κ1) is 4.80. The van der Waals surface area contributed by atoms with Gasteiger partial charge in [-0.3, -0.25) is 0 Å². The maximum absolute atomic E-state index is 5.48. The smallest absolute Gasteiger partial charge is 0.00485 e. The average molecular weight is 111 g/mol. The van der Waals surface area contributed by atoms with Crippen molar-refractivity contribution in [3.63, 3.8) is 0 Å². The molecule has 0 aliphatic heterocycles. The molecule has 0 heterocycles. The molecule has 0 aromatic rings. The van der Waals surface area contributed by atoms with Crippen LogP contribution in [0.15, 0.2) is 0 Å². The van der Waals surface area contributed by atoms with Crippen molar-refractivity contribution in [2.45, 2.75) is 25.7 Å². The second kappa shape index (κ2) is 1.27. The highest BCUT2D eigenvalue weighted by atomic mass is 14.6. The summed E-state index contributed by atoms with van der Waals surface area (Å²) in [6, 6.07) is 0. The summed E-state index contributed by atoms with van der Waals surface area (Å²) in [5.74, 6) is 0.900. The minimum Gasteiger partial charge on any atom is -0.330 e. The lowest BCUT2D eigenvalue weighted by Crippen LogP contribution is -2.30. The molecule has 1 spiro atoms. The van der Waals surface area contributed by atoms with E-state index in [2.05, 4.69) is 0 Å². The Kier molecular flexibility index (Phi) is 0.762. The molecular weight excluding hydrogens is 98.1 g/mol. The van der Waals surface area contributed by atoms with Crippen molar-refractivity contribution < 1.29 is 0 Å². The van der Waals surface area contributed by atoms with Gasteiger partial charge in [0.25, 0.3) is 0 Å². The summed E-state index contributed by atoms with van der Waals surface area (Å²) in [6.45, 7) is 0.932. The Morgan fingerprint density at radius 1 is 1.38 bits per heavy atom. The van der Waals surface area contributed by atoms with Gasteiger partial charge in [0.05, 0.1) is 0 Å². The third kappa shape index (κ3) is 0.510. The average Bonchev–Trinajstić information content (AvgIpc) is 2.38. The maximum Gasteiger partial charge on any atom is -0.00485 e. The van der Waals surface area contributed by atoms with E-state index < -0.39 is 0 Å². The number of rotatable bonds is 1. The molecule has 0 aromatic heterocycles. The minimum atomic E-state index is 0.865. The van der Waals surface area contributed by atoms with E-state index in [0.29, 0.717) is 0 Å². The Hall–Kier alpha value is -0.0400. The summed E-state index contributed by atoms with van der Waals surface area (Å²) in [5, 5.41) is 0. The molecule has 0 amide bonds. The van der Waals surface area contributed by atoms with Crippen LogP contribution in [0.5, 0.6) is 0 Å². The molecule has 2 rings (SSSR count). The minimum absolute atomic E-state index is 0.865. The lowest BCUT2D eigenvalue weighted by Gasteiger charge is -2.34. The fraction of sp³-hybridized carbons (Fsp3) is 1.00. The van der Waals surface area contributed by atoms with E-state index in [1.54, 1.807) is 0 Å². The second-order valence-electron chi connectivity index (χ2n) is 3.51. The van der Waals surface area contributed by atoms with Crippen LogP contribution >= 0.6 is 0 Å². The SMILES string of the molecule is NCC1CC2(CC2)C1. The van der Waals surface area contributed by atoms with Gasteiger partial charge >= 0.3 is 0 Å². The second-order valence-corrected chi connectivity index (χ2v) is 3.51. The molecule has 2 aliphatic rings. The van der Waals surface area contributed by atoms with Crippen LogP contribution in [0.2, 0.25) is 0 Å². The van der Waals surface area contributed by atoms with Crippen molar-refractivity contribution in [2.75, 3.05) is 6.54 Å². The zero-order valence-electron chi connectivity index (χ0n) is 5.19. The van der Waals surface area contributed by atoms with Crippen LogP contribution in [0.1, 0.15) is 25.7 Å². The Balaban J connectivity index is 1.84. The van der Waals surface area contributed by atoms with Crippen molar-refractivity contribution in [3.05, 3.63) is 0 Å². The molecule has 0 saturated heterocycles. The van der Waals surface area contributed by atoms with Crippen LogP contribution in [0.25, 0.3) is 0 Å². The van der Waals surface area contributed by atoms with E-state index in [0.717, 1.165) is 17.9 Å². The van der Waals surface area contributed by atoms with Crippen molar-refractivity contribution in [1.29, 1.82) is 0 Å². The van der Waals surface area contributed by atoms with E-state index in [1.807, 2.05) is 0 Å². The van der Waals surface area contributed by atoms with Crippen LogP contribution in [0.3, 0.4) is 0 Å². The summed E-state index contributed by atoms with van der Waals surface area (Å²) in [7, 11) is 0. The van der Waals surface area contributed by atoms with Gasteiger partial charge in [0, 0.05) is 0 Å². The highest BCUT2D eigenvalue weighted by Gasteiger charge is 2.51. The summed E-state index contributed by atoms with van der Waals surface area (Å²) in [5.41, 5.74) is 6.35. The Labute approximate surface area is 50.3 Å². The van der Waals surface area contributed by atoms with E-state index in [-0.39, 0.29) is 0 Å². The van der Waals surface area contributed by atoms with E-state index in [9.17, 15) is 0 Å². The molecule has 2 fully saturated rings. The molecular formula is C7H13N. The molecule has 8 heavy (non-hydrogen) atoms. The first-order valence-corrected chi connectivity index (χ1v) is 3.55. The summed E-state index contributed by atoms with van der Waals surface area (Å²) < 4.78 is 0. The lowest BCUT2D eigenvalue weighted by molar-refractivity contribution is 0.176. The van der Waals surface area contributed by atoms with Gasteiger partial charge in [0.2, 0.25) is 0 Å². The first-order chi connectivity index (χ1) is 3.85. The predicted octanol–water partition coefficient (Wildman–Crippen LogP) is 1.14. The highest BCUT2D eigenvalue weighted by molar-refractivity contribution is 5.03. The third-order valence-electron chi connectivity index (χ3n) is 2.73. The molecule has 0 bridgehead atoms. The topological polar surface area (TPSA) is 26.0 Å². The lowest BCUT2D eigenvalue weighted by atomic mass is 9.72. The van der Waals surface area contributed by atoms with Gasteiger partial charge in [-0.25, -0.2) is 0 Å². The number of hydrogen-bond acceptors (Lipinski definition) is 1. The van der Waals surface area contributed by atoms with E-state index in [1.165, 1.54) is 25.7 Å². The molecule has 2 N–H and O–H groups in total. The summed E-state index contributed by atoms with van der Waals surface area (Å²) in [4.78, 5) is 0. The molecule has 1 nitrogen and oxygen atoms in total. The molecule has 1 heteroatoms. The monoisotopic (exact) mass is 111 g/mol. The van der Waals surface area contributed by atoms with Crippen LogP contribution in [-0.4, -0.2) is 6.54 Å². The molecule has 46 valence electrons. The van der Waals surface area contributed by atoms with Crippen LogP contribution in [0, 0.1) is 11.3 Å². The van der Waals surface area contributed by atoms with E-state index >= 15 is 0 Å². The zero-order chi connectivity index (χ0) is 5.61. The van der Waals surface area contributed by atoms with Gasteiger partial charge in [-0.1, -0.05) is 0 Å². The largest absolute Gasteiger partial charge is 0.330 e. The Morgan fingerprint density at radius 2 is 2.00 bits per heavy atom. The third-order valence-corrected chi connectivity index (χ3v) is 2.73. The number of hydrogen-bond donors (Lipinski definition) is 1. The standard InChI is InChI=1S/C7H13N/c8-5-6-3-7(4-6)1-2-7/h6H,1-5,8H2. The van der Waals surface area contributed by atoms with Gasteiger partial charge in [-0.05, 0) is 43.6 Å². The van der Waals surface area contributed by atoms with Crippen LogP contribution in [0.4, 0.5) is 0 Å². The predicted molar refractivity (Wildman–Crippen MR) is 33.4 cm³/mol. The normalized spacial score (nSPS) is 32.6. The van der Waals surface area contributed by atoms with Crippen molar-refractivity contribution >= 4 is 0 Å². The molecule has 0 unspecified atom stereocenters. The molecule has 0 atom stereocenters. The molecule has 2 aliphatic carbocycles. The summed E-state index contributed by atoms with van der Waals surface area (Å²) >= 11 is 0.